The zero-order valence-corrected chi connectivity index (χ0v) is 13.1. The third-order valence-corrected chi connectivity index (χ3v) is 3.67. The van der Waals surface area contributed by atoms with Crippen LogP contribution in [0, 0.1) is 10.1 Å². The van der Waals surface area contributed by atoms with Gasteiger partial charge in [0.05, 0.1) is 4.92 Å². The summed E-state index contributed by atoms with van der Waals surface area (Å²) < 4.78 is 2.11. The Kier molecular flexibility index (Phi) is 4.77. The van der Waals surface area contributed by atoms with Gasteiger partial charge in [-0.05, 0) is 11.1 Å². The van der Waals surface area contributed by atoms with Gasteiger partial charge in [-0.25, -0.2) is 4.57 Å². The average molecular weight is 317 g/mol. The second-order valence-electron chi connectivity index (χ2n) is 5.47. The maximum Gasteiger partial charge on any atom is 0.270 e. The Hall–Kier alpha value is -3.27. The van der Waals surface area contributed by atoms with Crippen LogP contribution in [0.1, 0.15) is 16.7 Å². The summed E-state index contributed by atoms with van der Waals surface area (Å²) in [6.07, 6.45) is 7.88. The molecule has 4 heteroatoms. The third-order valence-electron chi connectivity index (χ3n) is 3.67. The highest BCUT2D eigenvalue weighted by atomic mass is 16.6. The smallest absolute Gasteiger partial charge is 0.258 e. The van der Waals surface area contributed by atoms with Crippen LogP contribution in [-0.4, -0.2) is 4.92 Å². The quantitative estimate of drug-likeness (QED) is 0.404. The Bertz CT molecular complexity index is 856. The Balaban J connectivity index is 1.70. The third kappa shape index (κ3) is 4.14. The lowest BCUT2D eigenvalue weighted by atomic mass is 10.1. The standard InChI is InChI=1S/C20H17N2O2/c23-22(24)20-8-4-7-18(15-20)10-9-17-11-13-21(14-12-17)16-19-5-2-1-3-6-19/h1-15H,16H2/q+1. The summed E-state index contributed by atoms with van der Waals surface area (Å²) in [4.78, 5) is 10.4. The van der Waals surface area contributed by atoms with E-state index < -0.39 is 0 Å². The molecule has 3 aromatic rings. The largest absolute Gasteiger partial charge is 0.270 e. The highest BCUT2D eigenvalue weighted by Gasteiger charge is 2.04. The minimum Gasteiger partial charge on any atom is -0.258 e. The minimum absolute atomic E-state index is 0.103. The average Bonchev–Trinajstić information content (AvgIpc) is 2.62. The molecule has 4 nitrogen and oxygen atoms in total. The minimum atomic E-state index is -0.383. The van der Waals surface area contributed by atoms with Gasteiger partial charge < -0.3 is 0 Å². The number of nitro groups is 1. The van der Waals surface area contributed by atoms with Crippen molar-refractivity contribution in [3.63, 3.8) is 0 Å². The summed E-state index contributed by atoms with van der Waals surface area (Å²) in [5, 5.41) is 10.8. The molecule has 0 aliphatic carbocycles. The van der Waals surface area contributed by atoms with Crippen LogP contribution in [0.15, 0.2) is 79.1 Å². The highest BCUT2D eigenvalue weighted by molar-refractivity contribution is 5.70. The lowest BCUT2D eigenvalue weighted by Gasteiger charge is -1.98. The van der Waals surface area contributed by atoms with Gasteiger partial charge >= 0.3 is 0 Å². The van der Waals surface area contributed by atoms with E-state index in [-0.39, 0.29) is 10.6 Å². The molecule has 0 bridgehead atoms. The molecule has 0 amide bonds. The van der Waals surface area contributed by atoms with Gasteiger partial charge in [0, 0.05) is 29.8 Å². The lowest BCUT2D eigenvalue weighted by molar-refractivity contribution is -0.688. The molecule has 0 spiro atoms. The van der Waals surface area contributed by atoms with E-state index in [0.29, 0.717) is 0 Å². The van der Waals surface area contributed by atoms with Gasteiger partial charge in [-0.1, -0.05) is 54.6 Å². The van der Waals surface area contributed by atoms with E-state index in [2.05, 4.69) is 16.7 Å². The van der Waals surface area contributed by atoms with E-state index in [1.165, 1.54) is 11.6 Å². The van der Waals surface area contributed by atoms with Crippen LogP contribution in [0.25, 0.3) is 12.2 Å². The van der Waals surface area contributed by atoms with Crippen molar-refractivity contribution in [3.8, 4) is 0 Å². The highest BCUT2D eigenvalue weighted by Crippen LogP contribution is 2.15. The molecular formula is C20H17N2O2+. The number of pyridine rings is 1. The number of hydrogen-bond donors (Lipinski definition) is 0. The molecule has 0 N–H and O–H groups in total. The van der Waals surface area contributed by atoms with Crippen LogP contribution in [0.2, 0.25) is 0 Å². The van der Waals surface area contributed by atoms with Gasteiger partial charge in [-0.15, -0.1) is 0 Å². The van der Waals surface area contributed by atoms with Crippen molar-refractivity contribution in [2.24, 2.45) is 0 Å². The molecule has 1 aromatic heterocycles. The first-order valence-electron chi connectivity index (χ1n) is 7.66. The van der Waals surface area contributed by atoms with E-state index in [0.717, 1.165) is 17.7 Å². The molecular weight excluding hydrogens is 300 g/mol. The Morgan fingerprint density at radius 1 is 0.875 bits per heavy atom. The molecule has 24 heavy (non-hydrogen) atoms. The number of nitro benzene ring substituents is 1. The van der Waals surface area contributed by atoms with Crippen molar-refractivity contribution < 1.29 is 9.49 Å². The lowest BCUT2D eigenvalue weighted by Crippen LogP contribution is -2.32. The number of aromatic nitrogens is 1. The van der Waals surface area contributed by atoms with Crippen molar-refractivity contribution in [2.75, 3.05) is 0 Å². The maximum absolute atomic E-state index is 10.8. The van der Waals surface area contributed by atoms with Crippen LogP contribution in [-0.2, 0) is 6.54 Å². The van der Waals surface area contributed by atoms with Gasteiger partial charge in [-0.2, -0.15) is 0 Å². The molecule has 0 saturated heterocycles. The fourth-order valence-corrected chi connectivity index (χ4v) is 2.41. The number of nitrogens with zero attached hydrogens (tertiary/aromatic N) is 2. The molecule has 2 aromatic carbocycles. The Morgan fingerprint density at radius 3 is 2.29 bits per heavy atom. The van der Waals surface area contributed by atoms with Crippen molar-refractivity contribution in [2.45, 2.75) is 6.54 Å². The fourth-order valence-electron chi connectivity index (χ4n) is 2.41. The van der Waals surface area contributed by atoms with Gasteiger partial charge in [-0.3, -0.25) is 10.1 Å². The summed E-state index contributed by atoms with van der Waals surface area (Å²) in [5.41, 5.74) is 3.21. The first-order valence-corrected chi connectivity index (χ1v) is 7.66. The maximum atomic E-state index is 10.8. The zero-order chi connectivity index (χ0) is 16.8. The van der Waals surface area contributed by atoms with E-state index >= 15 is 0 Å². The zero-order valence-electron chi connectivity index (χ0n) is 13.1. The van der Waals surface area contributed by atoms with Crippen LogP contribution in [0.3, 0.4) is 0 Å². The van der Waals surface area contributed by atoms with Gasteiger partial charge in [0.2, 0.25) is 0 Å². The van der Waals surface area contributed by atoms with E-state index in [9.17, 15) is 10.1 Å². The molecule has 0 unspecified atom stereocenters. The van der Waals surface area contributed by atoms with E-state index in [1.54, 1.807) is 12.1 Å². The number of benzene rings is 2. The van der Waals surface area contributed by atoms with Crippen molar-refractivity contribution in [3.05, 3.63) is 106 Å². The SMILES string of the molecule is O=[N+]([O-])c1cccc(C=Cc2cc[n+](Cc3ccccc3)cc2)c1. The normalized spacial score (nSPS) is 10.8. The molecule has 0 radical (unpaired) electrons. The van der Waals surface area contributed by atoms with Crippen molar-refractivity contribution in [1.82, 2.24) is 0 Å². The number of rotatable bonds is 5. The molecule has 1 heterocycles. The number of non-ortho nitro benzene ring substituents is 1. The summed E-state index contributed by atoms with van der Waals surface area (Å²) in [6, 6.07) is 20.9. The second-order valence-corrected chi connectivity index (χ2v) is 5.47. The summed E-state index contributed by atoms with van der Waals surface area (Å²) in [7, 11) is 0. The number of hydrogen-bond acceptors (Lipinski definition) is 2. The second kappa shape index (κ2) is 7.33. The van der Waals surface area contributed by atoms with E-state index in [4.69, 9.17) is 0 Å². The van der Waals surface area contributed by atoms with Gasteiger partial charge in [0.15, 0.2) is 18.9 Å². The molecule has 0 aliphatic heterocycles. The predicted molar refractivity (Wildman–Crippen MR) is 94.2 cm³/mol. The van der Waals surface area contributed by atoms with Gasteiger partial charge in [0.1, 0.15) is 0 Å². The Labute approximate surface area is 140 Å². The van der Waals surface area contributed by atoms with Crippen LogP contribution in [0.4, 0.5) is 5.69 Å². The summed E-state index contributed by atoms with van der Waals surface area (Å²) >= 11 is 0. The van der Waals surface area contributed by atoms with Gasteiger partial charge in [0.25, 0.3) is 5.69 Å². The van der Waals surface area contributed by atoms with E-state index in [1.807, 2.05) is 60.9 Å². The predicted octanol–water partition coefficient (Wildman–Crippen LogP) is 4.10. The van der Waals surface area contributed by atoms with Crippen molar-refractivity contribution in [1.29, 1.82) is 0 Å². The topological polar surface area (TPSA) is 47.0 Å². The monoisotopic (exact) mass is 317 g/mol. The van der Waals surface area contributed by atoms with Crippen LogP contribution >= 0.6 is 0 Å². The molecule has 0 atom stereocenters. The fraction of sp³-hybridized carbons (Fsp3) is 0.0500. The van der Waals surface area contributed by atoms with Crippen molar-refractivity contribution >= 4 is 17.8 Å². The molecule has 3 rings (SSSR count). The van der Waals surface area contributed by atoms with Crippen LogP contribution < -0.4 is 4.57 Å². The molecule has 0 fully saturated rings. The summed E-state index contributed by atoms with van der Waals surface area (Å²) in [5.74, 6) is 0. The summed E-state index contributed by atoms with van der Waals surface area (Å²) in [6.45, 7) is 0.829. The molecule has 0 aliphatic rings. The Morgan fingerprint density at radius 2 is 1.58 bits per heavy atom. The first-order chi connectivity index (χ1) is 11.7. The van der Waals surface area contributed by atoms with Crippen LogP contribution in [0.5, 0.6) is 0 Å². The molecule has 0 saturated carbocycles. The molecule has 118 valence electrons. The first kappa shape index (κ1) is 15.6.